The second-order valence-electron chi connectivity index (χ2n) is 8.00. The van der Waals surface area contributed by atoms with Gasteiger partial charge in [-0.2, -0.15) is 5.23 Å². The van der Waals surface area contributed by atoms with Crippen LogP contribution < -0.4 is 5.23 Å². The van der Waals surface area contributed by atoms with Crippen molar-refractivity contribution in [1.29, 1.82) is 0 Å². The lowest BCUT2D eigenvalue weighted by atomic mass is 9.83. The van der Waals surface area contributed by atoms with Gasteiger partial charge in [-0.3, -0.25) is 19.3 Å². The summed E-state index contributed by atoms with van der Waals surface area (Å²) in [4.78, 5) is 43.1. The maximum atomic E-state index is 13.6. The van der Waals surface area contributed by atoms with Crippen LogP contribution in [0, 0.1) is 17.0 Å². The molecule has 2 aromatic rings. The highest BCUT2D eigenvalue weighted by Crippen LogP contribution is 2.52. The van der Waals surface area contributed by atoms with Crippen LogP contribution in [0.5, 0.6) is 0 Å². The Labute approximate surface area is 178 Å². The first-order valence-corrected chi connectivity index (χ1v) is 10.2. The van der Waals surface area contributed by atoms with E-state index in [0.717, 1.165) is 11.1 Å². The van der Waals surface area contributed by atoms with Crippen LogP contribution in [0.2, 0.25) is 0 Å². The number of Topliss-reactive ketones (excluding diaryl/α,β-unsaturated/α-hetero) is 1. The van der Waals surface area contributed by atoms with Crippen molar-refractivity contribution in [3.8, 4) is 0 Å². The van der Waals surface area contributed by atoms with Crippen molar-refractivity contribution in [1.82, 2.24) is 9.80 Å². The number of rotatable bonds is 4. The number of imide groups is 1. The molecule has 3 aliphatic rings. The van der Waals surface area contributed by atoms with Gasteiger partial charge in [0.25, 0.3) is 0 Å². The number of nitrogens with one attached hydrogen (secondary N) is 1. The zero-order chi connectivity index (χ0) is 21.9. The monoisotopic (exact) mass is 419 g/mol. The Balaban J connectivity index is 1.61. The summed E-state index contributed by atoms with van der Waals surface area (Å²) in [5.74, 6) is -2.27. The molecule has 5 atom stereocenters. The maximum absolute atomic E-state index is 13.6. The number of ketones is 1. The van der Waals surface area contributed by atoms with E-state index >= 15 is 0 Å². The Morgan fingerprint density at radius 3 is 2.42 bits per heavy atom. The van der Waals surface area contributed by atoms with Crippen molar-refractivity contribution >= 4 is 29.4 Å². The molecule has 0 aliphatic carbocycles. The molecule has 8 nitrogen and oxygen atoms in total. The van der Waals surface area contributed by atoms with Crippen LogP contribution in [0.3, 0.4) is 0 Å². The quantitative estimate of drug-likeness (QED) is 0.440. The Morgan fingerprint density at radius 2 is 1.74 bits per heavy atom. The predicted molar refractivity (Wildman–Crippen MR) is 110 cm³/mol. The maximum Gasteiger partial charge on any atom is 0.235 e. The molecule has 2 fully saturated rings. The molecule has 5 rings (SSSR count). The van der Waals surface area contributed by atoms with Crippen LogP contribution in [0.15, 0.2) is 54.7 Å². The summed E-state index contributed by atoms with van der Waals surface area (Å²) in [6, 6.07) is 12.2. The summed E-state index contributed by atoms with van der Waals surface area (Å²) in [6.07, 6.45) is 3.70. The third-order valence-corrected chi connectivity index (χ3v) is 6.55. The summed E-state index contributed by atoms with van der Waals surface area (Å²) in [5, 5.41) is 19.2. The molecule has 8 heteroatoms. The van der Waals surface area contributed by atoms with E-state index < -0.39 is 29.1 Å². The van der Waals surface area contributed by atoms with Crippen LogP contribution in [0.1, 0.15) is 34.5 Å². The van der Waals surface area contributed by atoms with E-state index in [0.29, 0.717) is 5.56 Å². The van der Waals surface area contributed by atoms with Crippen LogP contribution in [0.25, 0.3) is 6.08 Å². The first-order chi connectivity index (χ1) is 14.9. The molecule has 0 saturated carbocycles. The van der Waals surface area contributed by atoms with Gasteiger partial charge in [0.15, 0.2) is 11.5 Å². The van der Waals surface area contributed by atoms with E-state index in [9.17, 15) is 19.6 Å². The second kappa shape index (κ2) is 7.12. The zero-order valence-corrected chi connectivity index (χ0v) is 16.8. The number of carbonyl (C=O) groups excluding carboxylic acids is 3. The number of likely N-dealkylation sites (tertiary alicyclic amines) is 1. The minimum Gasteiger partial charge on any atom is -0.595 e. The normalized spacial score (nSPS) is 27.2. The van der Waals surface area contributed by atoms with Gasteiger partial charge in [-0.1, -0.05) is 24.3 Å². The van der Waals surface area contributed by atoms with Gasteiger partial charge in [0.2, 0.25) is 11.8 Å². The molecule has 2 saturated heterocycles. The SMILES string of the molecule is CCN1C(=O)[C@H]2[C@H](C1=O)[C@@H]1c3ccccc3C=CN1[C@H]2C(=O)c1ccc([NH+]([O-])O)cc1. The van der Waals surface area contributed by atoms with Gasteiger partial charge in [0, 0.05) is 30.4 Å². The molecule has 158 valence electrons. The molecular formula is C23H21N3O5. The van der Waals surface area contributed by atoms with Crippen molar-refractivity contribution < 1.29 is 24.8 Å². The summed E-state index contributed by atoms with van der Waals surface area (Å²) < 4.78 is 0. The highest BCUT2D eigenvalue weighted by atomic mass is 16.8. The van der Waals surface area contributed by atoms with Crippen molar-refractivity contribution in [3.63, 3.8) is 0 Å². The fraction of sp³-hybridized carbons (Fsp3) is 0.261. The molecule has 0 aromatic heterocycles. The highest BCUT2D eigenvalue weighted by molar-refractivity contribution is 6.12. The lowest BCUT2D eigenvalue weighted by Gasteiger charge is -2.35. The third-order valence-electron chi connectivity index (χ3n) is 6.55. The lowest BCUT2D eigenvalue weighted by Crippen LogP contribution is -2.99. The van der Waals surface area contributed by atoms with Gasteiger partial charge in [-0.05, 0) is 36.3 Å². The van der Waals surface area contributed by atoms with Crippen molar-refractivity contribution in [2.24, 2.45) is 11.8 Å². The highest BCUT2D eigenvalue weighted by Gasteiger charge is 2.63. The van der Waals surface area contributed by atoms with Gasteiger partial charge < -0.3 is 10.1 Å². The average molecular weight is 419 g/mol. The van der Waals surface area contributed by atoms with Crippen LogP contribution >= 0.6 is 0 Å². The number of amides is 2. The molecule has 0 spiro atoms. The molecule has 1 unspecified atom stereocenters. The second-order valence-corrected chi connectivity index (χ2v) is 8.00. The van der Waals surface area contributed by atoms with Crippen LogP contribution in [0.4, 0.5) is 5.69 Å². The van der Waals surface area contributed by atoms with Gasteiger partial charge in [0.1, 0.15) is 6.04 Å². The van der Waals surface area contributed by atoms with E-state index in [2.05, 4.69) is 0 Å². The fourth-order valence-corrected chi connectivity index (χ4v) is 5.18. The van der Waals surface area contributed by atoms with Gasteiger partial charge in [-0.15, -0.1) is 0 Å². The van der Waals surface area contributed by atoms with Crippen molar-refractivity contribution in [2.75, 3.05) is 6.54 Å². The smallest absolute Gasteiger partial charge is 0.235 e. The number of hydrogen-bond acceptors (Lipinski definition) is 6. The van der Waals surface area contributed by atoms with Crippen molar-refractivity contribution in [3.05, 3.63) is 76.6 Å². The van der Waals surface area contributed by atoms with Crippen LogP contribution in [-0.2, 0) is 9.59 Å². The summed E-state index contributed by atoms with van der Waals surface area (Å²) in [6.45, 7) is 2.02. The molecule has 3 aliphatic heterocycles. The number of nitrogens with zero attached hydrogens (tertiary/aromatic N) is 2. The van der Waals surface area contributed by atoms with Crippen LogP contribution in [-0.4, -0.2) is 45.2 Å². The first kappa shape index (κ1) is 19.6. The Kier molecular flexibility index (Phi) is 4.51. The van der Waals surface area contributed by atoms with E-state index in [-0.39, 0.29) is 29.8 Å². The van der Waals surface area contributed by atoms with E-state index in [1.54, 1.807) is 13.1 Å². The van der Waals surface area contributed by atoms with E-state index in [4.69, 9.17) is 5.21 Å². The molecule has 0 bridgehead atoms. The minimum atomic E-state index is -1.08. The molecule has 31 heavy (non-hydrogen) atoms. The van der Waals surface area contributed by atoms with E-state index in [1.165, 1.54) is 29.2 Å². The number of quaternary nitrogens is 1. The average Bonchev–Trinajstić information content (AvgIpc) is 3.25. The minimum absolute atomic E-state index is 0.0785. The first-order valence-electron chi connectivity index (χ1n) is 10.2. The number of benzene rings is 2. The Hall–Kier alpha value is -3.33. The third kappa shape index (κ3) is 2.76. The lowest BCUT2D eigenvalue weighted by molar-refractivity contribution is -0.991. The molecule has 2 aromatic carbocycles. The fourth-order valence-electron chi connectivity index (χ4n) is 5.18. The largest absolute Gasteiger partial charge is 0.595 e. The van der Waals surface area contributed by atoms with E-state index in [1.807, 2.05) is 35.2 Å². The van der Waals surface area contributed by atoms with Crippen molar-refractivity contribution in [2.45, 2.75) is 19.0 Å². The molecule has 2 amide bonds. The number of fused-ring (bicyclic) bond motifs is 5. The Morgan fingerprint density at radius 1 is 1.06 bits per heavy atom. The zero-order valence-electron chi connectivity index (χ0n) is 16.8. The Bertz CT molecular complexity index is 1110. The number of carbonyl (C=O) groups is 3. The summed E-state index contributed by atoms with van der Waals surface area (Å²) in [7, 11) is 0. The molecular weight excluding hydrogens is 398 g/mol. The topological polar surface area (TPSA) is 105 Å². The standard InChI is InChI=1S/C23H21N3O5/c1-2-24-22(28)17-18(23(24)29)20(21(27)14-7-9-15(10-8-14)26(30)31)25-12-11-13-5-3-4-6-16(13)19(17)25/h3-12,17-20,26,30H,2H2,1H3/t17-,18-,19-,20+/m0/s1. The molecule has 3 heterocycles. The summed E-state index contributed by atoms with van der Waals surface area (Å²) >= 11 is 0. The summed E-state index contributed by atoms with van der Waals surface area (Å²) in [5.41, 5.74) is 2.29. The van der Waals surface area contributed by atoms with Gasteiger partial charge in [-0.25, -0.2) is 5.21 Å². The number of hydrogen-bond donors (Lipinski definition) is 2. The predicted octanol–water partition coefficient (Wildman–Crippen LogP) is 1.30. The van der Waals surface area contributed by atoms with Gasteiger partial charge in [0.05, 0.1) is 17.9 Å². The van der Waals surface area contributed by atoms with Gasteiger partial charge >= 0.3 is 0 Å². The molecule has 2 N–H and O–H groups in total. The molecule has 0 radical (unpaired) electrons.